The van der Waals surface area contributed by atoms with E-state index in [1.807, 2.05) is 66.9 Å². The van der Waals surface area contributed by atoms with Gasteiger partial charge in [-0.1, -0.05) is 29.5 Å². The van der Waals surface area contributed by atoms with Crippen LogP contribution in [0.25, 0.3) is 15.3 Å². The van der Waals surface area contributed by atoms with Crippen LogP contribution in [0.1, 0.15) is 23.5 Å². The summed E-state index contributed by atoms with van der Waals surface area (Å²) in [5.74, 6) is 0.803. The number of fused-ring (bicyclic) bond motifs is 1. The molecule has 34 heavy (non-hydrogen) atoms. The Hall–Kier alpha value is -3.75. The average molecular weight is 484 g/mol. The van der Waals surface area contributed by atoms with E-state index in [9.17, 15) is 0 Å². The normalized spacial score (nSPS) is 17.8. The molecular weight excluding hydrogens is 462 g/mol. The van der Waals surface area contributed by atoms with Crippen molar-refractivity contribution in [2.75, 3.05) is 12.0 Å². The second-order valence-corrected chi connectivity index (χ2v) is 9.36. The first kappa shape index (κ1) is 20.8. The Morgan fingerprint density at radius 3 is 2.56 bits per heavy atom. The molecule has 1 aliphatic rings. The topological polar surface area (TPSA) is 55.2 Å². The highest BCUT2D eigenvalue weighted by molar-refractivity contribution is 7.80. The summed E-state index contributed by atoms with van der Waals surface area (Å²) in [6.45, 7) is 0. The van der Waals surface area contributed by atoms with Crippen molar-refractivity contribution in [3.8, 4) is 10.9 Å². The molecule has 0 spiro atoms. The van der Waals surface area contributed by atoms with Gasteiger partial charge in [0.15, 0.2) is 10.2 Å². The Labute approximate surface area is 206 Å². The highest BCUT2D eigenvalue weighted by Gasteiger charge is 2.42. The van der Waals surface area contributed by atoms with E-state index < -0.39 is 0 Å². The predicted octanol–water partition coefficient (Wildman–Crippen LogP) is 5.67. The molecule has 1 fully saturated rings. The van der Waals surface area contributed by atoms with Crippen LogP contribution in [0.5, 0.6) is 5.75 Å². The number of nitrogens with one attached hydrogen (secondary N) is 1. The molecule has 2 aromatic carbocycles. The predicted molar refractivity (Wildman–Crippen MR) is 140 cm³/mol. The number of para-hydroxylation sites is 1. The molecule has 6 nitrogen and oxygen atoms in total. The fraction of sp³-hybridized carbons (Fsp3) is 0.115. The van der Waals surface area contributed by atoms with Crippen molar-refractivity contribution in [2.24, 2.45) is 0 Å². The summed E-state index contributed by atoms with van der Waals surface area (Å²) in [5, 5.41) is 5.10. The highest BCUT2D eigenvalue weighted by atomic mass is 32.1. The molecule has 1 aliphatic heterocycles. The first-order chi connectivity index (χ1) is 16.7. The lowest BCUT2D eigenvalue weighted by atomic mass is 10.0. The van der Waals surface area contributed by atoms with Crippen LogP contribution in [-0.2, 0) is 0 Å². The van der Waals surface area contributed by atoms with Crippen molar-refractivity contribution in [1.29, 1.82) is 0 Å². The van der Waals surface area contributed by atoms with Crippen molar-refractivity contribution in [1.82, 2.24) is 19.9 Å². The maximum Gasteiger partial charge on any atom is 0.194 e. The average Bonchev–Trinajstić information content (AvgIpc) is 3.60. The van der Waals surface area contributed by atoms with Crippen LogP contribution >= 0.6 is 23.6 Å². The molecule has 2 atom stereocenters. The fourth-order valence-corrected chi connectivity index (χ4v) is 5.76. The third-order valence-corrected chi connectivity index (χ3v) is 7.37. The number of rotatable bonds is 5. The van der Waals surface area contributed by atoms with Gasteiger partial charge in [-0.25, -0.2) is 4.98 Å². The first-order valence-corrected chi connectivity index (χ1v) is 12.1. The molecule has 6 rings (SSSR count). The molecule has 0 unspecified atom stereocenters. The zero-order valence-corrected chi connectivity index (χ0v) is 20.0. The van der Waals surface area contributed by atoms with Gasteiger partial charge in [0.05, 0.1) is 34.8 Å². The van der Waals surface area contributed by atoms with Crippen molar-refractivity contribution in [2.45, 2.75) is 12.1 Å². The lowest BCUT2D eigenvalue weighted by Crippen LogP contribution is -2.30. The molecule has 0 radical (unpaired) electrons. The molecule has 4 heterocycles. The Kier molecular flexibility index (Phi) is 5.24. The monoisotopic (exact) mass is 483 g/mol. The Morgan fingerprint density at radius 1 is 0.971 bits per heavy atom. The van der Waals surface area contributed by atoms with E-state index in [4.69, 9.17) is 21.9 Å². The van der Waals surface area contributed by atoms with Crippen molar-refractivity contribution in [3.63, 3.8) is 0 Å². The van der Waals surface area contributed by atoms with Gasteiger partial charge in [-0.3, -0.25) is 9.55 Å². The number of thiazole rings is 1. The number of nitrogens with zero attached hydrogens (tertiary/aromatic N) is 4. The SMILES string of the molecule is COc1ccc(N2C(=S)N[C@H](c3ccccn3)[C@@H]2c2cccn2-c2nc3ccccc3s2)cc1. The molecule has 8 heteroatoms. The lowest BCUT2D eigenvalue weighted by molar-refractivity contribution is 0.415. The van der Waals surface area contributed by atoms with Crippen molar-refractivity contribution >= 4 is 44.6 Å². The van der Waals surface area contributed by atoms with Crippen LogP contribution in [0.15, 0.2) is 91.3 Å². The standard InChI is InChI=1S/C26H21N5OS2/c1-32-18-13-11-17(12-14-18)31-24(23(29-25(31)33)20-8-4-5-15-27-20)21-9-6-16-30(21)26-28-19-7-2-3-10-22(19)34-26/h2-16,23-24H,1H3,(H,29,33)/t23-,24+/m1/s1. The Balaban J connectivity index is 1.50. The van der Waals surface area contributed by atoms with Gasteiger partial charge in [-0.15, -0.1) is 0 Å². The van der Waals surface area contributed by atoms with Gasteiger partial charge < -0.3 is 15.0 Å². The largest absolute Gasteiger partial charge is 0.497 e. The molecule has 0 bridgehead atoms. The minimum atomic E-state index is -0.127. The number of hydrogen-bond acceptors (Lipinski definition) is 5. The summed E-state index contributed by atoms with van der Waals surface area (Å²) in [6, 6.07) is 26.1. The van der Waals surface area contributed by atoms with Crippen LogP contribution in [0.4, 0.5) is 5.69 Å². The highest BCUT2D eigenvalue weighted by Crippen LogP contribution is 2.43. The number of thiocarbonyl (C=S) groups is 1. The first-order valence-electron chi connectivity index (χ1n) is 10.9. The van der Waals surface area contributed by atoms with Crippen LogP contribution < -0.4 is 15.0 Å². The zero-order valence-electron chi connectivity index (χ0n) is 18.3. The summed E-state index contributed by atoms with van der Waals surface area (Å²) < 4.78 is 8.69. The lowest BCUT2D eigenvalue weighted by Gasteiger charge is -2.28. The second-order valence-electron chi connectivity index (χ2n) is 7.96. The van der Waals surface area contributed by atoms with E-state index in [-0.39, 0.29) is 12.1 Å². The van der Waals surface area contributed by atoms with E-state index in [2.05, 4.69) is 44.2 Å². The maximum atomic E-state index is 5.86. The number of ether oxygens (including phenoxy) is 1. The van der Waals surface area contributed by atoms with Crippen LogP contribution in [0.3, 0.4) is 0 Å². The van der Waals surface area contributed by atoms with E-state index in [1.165, 1.54) is 0 Å². The minimum absolute atomic E-state index is 0.126. The summed E-state index contributed by atoms with van der Waals surface area (Å²) in [4.78, 5) is 11.7. The number of anilines is 1. The van der Waals surface area contributed by atoms with Gasteiger partial charge in [-0.2, -0.15) is 0 Å². The fourth-order valence-electron chi connectivity index (χ4n) is 4.45. The minimum Gasteiger partial charge on any atom is -0.497 e. The van der Waals surface area contributed by atoms with E-state index >= 15 is 0 Å². The molecule has 1 saturated heterocycles. The summed E-state index contributed by atoms with van der Waals surface area (Å²) in [5.41, 5.74) is 4.00. The number of hydrogen-bond donors (Lipinski definition) is 1. The Bertz CT molecular complexity index is 1430. The molecular formula is C26H21N5OS2. The summed E-state index contributed by atoms with van der Waals surface area (Å²) in [7, 11) is 1.67. The summed E-state index contributed by atoms with van der Waals surface area (Å²) >= 11 is 7.53. The van der Waals surface area contributed by atoms with Gasteiger partial charge >= 0.3 is 0 Å². The molecule has 0 aliphatic carbocycles. The van der Waals surface area contributed by atoms with E-state index in [0.717, 1.165) is 38.2 Å². The molecule has 168 valence electrons. The van der Waals surface area contributed by atoms with Crippen LogP contribution in [0.2, 0.25) is 0 Å². The third kappa shape index (κ3) is 3.52. The van der Waals surface area contributed by atoms with Gasteiger partial charge in [0.1, 0.15) is 11.8 Å². The van der Waals surface area contributed by atoms with E-state index in [0.29, 0.717) is 5.11 Å². The molecule has 0 saturated carbocycles. The molecule has 3 aromatic heterocycles. The van der Waals surface area contributed by atoms with Gasteiger partial charge in [0.2, 0.25) is 0 Å². The molecule has 1 N–H and O–H groups in total. The van der Waals surface area contributed by atoms with Gasteiger partial charge in [-0.05, 0) is 72.9 Å². The van der Waals surface area contributed by atoms with Crippen molar-refractivity contribution in [3.05, 3.63) is 103 Å². The Morgan fingerprint density at radius 2 is 1.79 bits per heavy atom. The molecule has 0 amide bonds. The number of benzene rings is 2. The van der Waals surface area contributed by atoms with Crippen LogP contribution in [0, 0.1) is 0 Å². The quantitative estimate of drug-likeness (QED) is 0.325. The number of methoxy groups -OCH3 is 1. The molecule has 5 aromatic rings. The zero-order chi connectivity index (χ0) is 23.1. The van der Waals surface area contributed by atoms with Gasteiger partial charge in [0.25, 0.3) is 0 Å². The summed E-state index contributed by atoms with van der Waals surface area (Å²) in [6.07, 6.45) is 3.88. The van der Waals surface area contributed by atoms with Crippen LogP contribution in [-0.4, -0.2) is 26.8 Å². The second kappa shape index (κ2) is 8.55. The van der Waals surface area contributed by atoms with E-state index in [1.54, 1.807) is 18.4 Å². The number of pyridine rings is 1. The van der Waals surface area contributed by atoms with Gasteiger partial charge in [0, 0.05) is 18.1 Å². The smallest absolute Gasteiger partial charge is 0.194 e. The maximum absolute atomic E-state index is 5.86. The van der Waals surface area contributed by atoms with Crippen molar-refractivity contribution < 1.29 is 4.74 Å². The third-order valence-electron chi connectivity index (χ3n) is 6.02. The number of aromatic nitrogens is 3.